The summed E-state index contributed by atoms with van der Waals surface area (Å²) in [7, 11) is -2.39. The summed E-state index contributed by atoms with van der Waals surface area (Å²) in [5.41, 5.74) is 7.58. The average Bonchev–Trinajstić information content (AvgIpc) is 3.25. The predicted octanol–water partition coefficient (Wildman–Crippen LogP) is 4.43. The summed E-state index contributed by atoms with van der Waals surface area (Å²) >= 11 is 0. The number of carbonyl (C=O) groups excluding carboxylic acids is 1. The van der Waals surface area contributed by atoms with Gasteiger partial charge in [-0.05, 0) is 67.6 Å². The molecular formula is C25H23N4O2P. The Bertz CT molecular complexity index is 1470. The minimum absolute atomic E-state index is 0.0227. The number of imidazole rings is 1. The Morgan fingerprint density at radius 3 is 2.66 bits per heavy atom. The molecule has 6 nitrogen and oxygen atoms in total. The van der Waals surface area contributed by atoms with E-state index in [0.717, 1.165) is 51.1 Å². The first-order valence-corrected chi connectivity index (χ1v) is 13.4. The Morgan fingerprint density at radius 2 is 1.91 bits per heavy atom. The van der Waals surface area contributed by atoms with E-state index in [-0.39, 0.29) is 18.0 Å². The molecule has 160 valence electrons. The molecule has 0 fully saturated rings. The lowest BCUT2D eigenvalue weighted by atomic mass is 9.94. The SMILES string of the molecule is Cc1cccc2c1[C@H]1C[C@@H](NC2=O)c2nc3ccc(-c4ccc(P(C)(C)=O)nc4)cc3n21. The second kappa shape index (κ2) is 6.63. The fraction of sp³-hybridized carbons (Fsp3) is 0.240. The lowest BCUT2D eigenvalue weighted by Gasteiger charge is -2.20. The first kappa shape index (κ1) is 19.4. The van der Waals surface area contributed by atoms with Gasteiger partial charge in [0.2, 0.25) is 0 Å². The van der Waals surface area contributed by atoms with Crippen LogP contribution in [-0.4, -0.2) is 33.8 Å². The fourth-order valence-corrected chi connectivity index (χ4v) is 5.87. The number of nitrogens with zero attached hydrogens (tertiary/aromatic N) is 3. The smallest absolute Gasteiger partial charge is 0.252 e. The van der Waals surface area contributed by atoms with Gasteiger partial charge in [0.05, 0.1) is 28.6 Å². The van der Waals surface area contributed by atoms with E-state index in [0.29, 0.717) is 5.44 Å². The van der Waals surface area contributed by atoms with E-state index in [2.05, 4.69) is 33.9 Å². The van der Waals surface area contributed by atoms with Crippen molar-refractivity contribution in [3.63, 3.8) is 0 Å². The summed E-state index contributed by atoms with van der Waals surface area (Å²) in [5.74, 6) is 0.890. The molecule has 32 heavy (non-hydrogen) atoms. The molecule has 4 aromatic rings. The Labute approximate surface area is 186 Å². The molecule has 0 saturated carbocycles. The molecule has 1 N–H and O–H groups in total. The van der Waals surface area contributed by atoms with E-state index in [4.69, 9.17) is 4.98 Å². The first-order valence-electron chi connectivity index (χ1n) is 10.8. The predicted molar refractivity (Wildman–Crippen MR) is 126 cm³/mol. The van der Waals surface area contributed by atoms with Crippen LogP contribution in [0.4, 0.5) is 0 Å². The third kappa shape index (κ3) is 2.79. The number of amides is 1. The summed E-state index contributed by atoms with van der Waals surface area (Å²) < 4.78 is 14.6. The van der Waals surface area contributed by atoms with Crippen LogP contribution < -0.4 is 10.8 Å². The Hall–Kier alpha value is -3.24. The topological polar surface area (TPSA) is 76.9 Å². The molecule has 2 atom stereocenters. The summed E-state index contributed by atoms with van der Waals surface area (Å²) in [5, 5.41) is 3.18. The van der Waals surface area contributed by atoms with Gasteiger partial charge < -0.3 is 14.4 Å². The van der Waals surface area contributed by atoms with Crippen molar-refractivity contribution < 1.29 is 9.36 Å². The quantitative estimate of drug-likeness (QED) is 0.466. The average molecular weight is 442 g/mol. The van der Waals surface area contributed by atoms with E-state index in [1.807, 2.05) is 36.4 Å². The summed E-state index contributed by atoms with van der Waals surface area (Å²) in [4.78, 5) is 22.2. The maximum Gasteiger partial charge on any atom is 0.252 e. The lowest BCUT2D eigenvalue weighted by molar-refractivity contribution is 0.0938. The summed E-state index contributed by atoms with van der Waals surface area (Å²) in [6.45, 7) is 5.54. The number of fused-ring (bicyclic) bond motifs is 9. The molecule has 2 aliphatic heterocycles. The van der Waals surface area contributed by atoms with Crippen molar-refractivity contribution in [2.45, 2.75) is 25.4 Å². The number of benzene rings is 2. The molecule has 7 heteroatoms. The third-order valence-corrected chi connectivity index (χ3v) is 8.01. The molecule has 2 aliphatic rings. The zero-order valence-electron chi connectivity index (χ0n) is 18.2. The molecule has 2 aromatic heterocycles. The van der Waals surface area contributed by atoms with Crippen molar-refractivity contribution in [1.29, 1.82) is 0 Å². The number of carbonyl (C=O) groups is 1. The number of hydrogen-bond acceptors (Lipinski definition) is 4. The van der Waals surface area contributed by atoms with Gasteiger partial charge in [0.1, 0.15) is 13.0 Å². The van der Waals surface area contributed by atoms with Crippen LogP contribution in [0, 0.1) is 6.92 Å². The zero-order chi connectivity index (χ0) is 22.2. The summed E-state index contributed by atoms with van der Waals surface area (Å²) in [6.07, 6.45) is 2.60. The second-order valence-electron chi connectivity index (χ2n) is 9.11. The summed E-state index contributed by atoms with van der Waals surface area (Å²) in [6, 6.07) is 16.0. The highest BCUT2D eigenvalue weighted by atomic mass is 31.2. The molecule has 6 rings (SSSR count). The highest BCUT2D eigenvalue weighted by Crippen LogP contribution is 2.45. The molecule has 0 aliphatic carbocycles. The lowest BCUT2D eigenvalue weighted by Crippen LogP contribution is -2.28. The van der Waals surface area contributed by atoms with Crippen molar-refractivity contribution in [2.75, 3.05) is 13.3 Å². The largest absolute Gasteiger partial charge is 0.342 e. The van der Waals surface area contributed by atoms with Gasteiger partial charge >= 0.3 is 0 Å². The van der Waals surface area contributed by atoms with Crippen LogP contribution in [0.15, 0.2) is 54.7 Å². The molecule has 0 saturated heterocycles. The molecule has 2 bridgehead atoms. The Kier molecular flexibility index (Phi) is 4.03. The maximum absolute atomic E-state index is 12.8. The molecule has 0 unspecified atom stereocenters. The Balaban J connectivity index is 1.52. The van der Waals surface area contributed by atoms with Gasteiger partial charge in [-0.3, -0.25) is 9.78 Å². The van der Waals surface area contributed by atoms with Gasteiger partial charge in [-0.1, -0.05) is 24.3 Å². The van der Waals surface area contributed by atoms with Gasteiger partial charge in [0.15, 0.2) is 0 Å². The molecule has 0 radical (unpaired) electrons. The maximum atomic E-state index is 12.8. The standard InChI is InChI=1S/C25H23N4O2P/c1-14-5-4-6-17-23(14)21-12-19(28-25(17)30)24-27-18-9-7-15(11-20(18)29(21)24)16-8-10-22(26-13-16)32(2,3)31/h4-11,13,19,21H,12H2,1-3H3,(H,28,30)/t19-,21-/m1/s1. The van der Waals surface area contributed by atoms with Gasteiger partial charge in [0, 0.05) is 17.3 Å². The van der Waals surface area contributed by atoms with E-state index in [1.165, 1.54) is 0 Å². The number of nitrogens with one attached hydrogen (secondary N) is 1. The fourth-order valence-electron chi connectivity index (χ4n) is 5.10. The Morgan fingerprint density at radius 1 is 1.09 bits per heavy atom. The van der Waals surface area contributed by atoms with Crippen LogP contribution in [-0.2, 0) is 4.57 Å². The normalized spacial score (nSPS) is 19.4. The monoisotopic (exact) mass is 442 g/mol. The zero-order valence-corrected chi connectivity index (χ0v) is 19.1. The van der Waals surface area contributed by atoms with E-state index >= 15 is 0 Å². The van der Waals surface area contributed by atoms with Crippen LogP contribution in [0.3, 0.4) is 0 Å². The van der Waals surface area contributed by atoms with Crippen LogP contribution in [0.5, 0.6) is 0 Å². The van der Waals surface area contributed by atoms with Gasteiger partial charge in [0.25, 0.3) is 5.91 Å². The van der Waals surface area contributed by atoms with Crippen molar-refractivity contribution in [2.24, 2.45) is 0 Å². The van der Waals surface area contributed by atoms with Crippen molar-refractivity contribution in [1.82, 2.24) is 19.9 Å². The van der Waals surface area contributed by atoms with Crippen molar-refractivity contribution in [3.8, 4) is 11.1 Å². The van der Waals surface area contributed by atoms with E-state index < -0.39 is 7.14 Å². The molecule has 4 heterocycles. The number of aromatic nitrogens is 3. The number of aryl methyl sites for hydroxylation is 1. The van der Waals surface area contributed by atoms with Gasteiger partial charge in [-0.15, -0.1) is 0 Å². The highest BCUT2D eigenvalue weighted by Gasteiger charge is 2.41. The molecular weight excluding hydrogens is 419 g/mol. The van der Waals surface area contributed by atoms with E-state index in [9.17, 15) is 9.36 Å². The van der Waals surface area contributed by atoms with Gasteiger partial charge in [-0.2, -0.15) is 0 Å². The van der Waals surface area contributed by atoms with Crippen LogP contribution in [0.1, 0.15) is 45.8 Å². The van der Waals surface area contributed by atoms with Crippen LogP contribution in [0.2, 0.25) is 0 Å². The minimum Gasteiger partial charge on any atom is -0.342 e. The minimum atomic E-state index is -2.39. The molecule has 2 aromatic carbocycles. The first-order chi connectivity index (χ1) is 15.3. The van der Waals surface area contributed by atoms with E-state index in [1.54, 1.807) is 19.5 Å². The third-order valence-electron chi connectivity index (χ3n) is 6.64. The highest BCUT2D eigenvalue weighted by molar-refractivity contribution is 7.69. The van der Waals surface area contributed by atoms with Crippen molar-refractivity contribution in [3.05, 3.63) is 77.2 Å². The van der Waals surface area contributed by atoms with Gasteiger partial charge in [-0.25, -0.2) is 4.98 Å². The molecule has 0 spiro atoms. The number of pyridine rings is 1. The number of hydrogen-bond donors (Lipinski definition) is 1. The molecule has 1 amide bonds. The van der Waals surface area contributed by atoms with Crippen LogP contribution in [0.25, 0.3) is 22.2 Å². The van der Waals surface area contributed by atoms with Crippen LogP contribution >= 0.6 is 7.14 Å². The van der Waals surface area contributed by atoms with Crippen molar-refractivity contribution >= 4 is 29.5 Å². The number of rotatable bonds is 2. The second-order valence-corrected chi connectivity index (χ2v) is 12.3.